The number of hydrogen-bond donors (Lipinski definition) is 1. The molecular formula is C32H50O8. The van der Waals surface area contributed by atoms with E-state index in [4.69, 9.17) is 14.2 Å². The summed E-state index contributed by atoms with van der Waals surface area (Å²) in [6.45, 7) is 14.3. The molecule has 3 atom stereocenters. The number of rotatable bonds is 11. The zero-order chi connectivity index (χ0) is 29.9. The van der Waals surface area contributed by atoms with Gasteiger partial charge in [0.1, 0.15) is 12.2 Å². The molecule has 4 saturated carbocycles. The minimum absolute atomic E-state index is 0.0491. The Hall–Kier alpha value is -2.12. The molecule has 0 aromatic heterocycles. The first-order chi connectivity index (χ1) is 18.4. The van der Waals surface area contributed by atoms with Crippen molar-refractivity contribution in [2.45, 2.75) is 125 Å². The zero-order valence-electron chi connectivity index (χ0n) is 25.8. The number of aliphatic carboxylic acids is 1. The number of carboxylic acid groups (broad SMARTS) is 1. The van der Waals surface area contributed by atoms with Crippen LogP contribution in [0.2, 0.25) is 0 Å². The van der Waals surface area contributed by atoms with Gasteiger partial charge in [0, 0.05) is 5.41 Å². The van der Waals surface area contributed by atoms with E-state index in [1.807, 2.05) is 13.8 Å². The van der Waals surface area contributed by atoms with E-state index in [-0.39, 0.29) is 25.4 Å². The SMILES string of the molecule is CCC(C)(CC(C)(CC(C)(C)C(=O)O)C(=O)OC1C(=O)OCC1(C)C)C(=O)OC1(CC)C2CC3CC(C2)CC1C3. The molecule has 0 aromatic carbocycles. The summed E-state index contributed by atoms with van der Waals surface area (Å²) in [6, 6.07) is 0. The van der Waals surface area contributed by atoms with Gasteiger partial charge in [-0.15, -0.1) is 0 Å². The minimum atomic E-state index is -1.37. The quantitative estimate of drug-likeness (QED) is 0.243. The maximum absolute atomic E-state index is 14.2. The molecule has 5 fully saturated rings. The van der Waals surface area contributed by atoms with Crippen LogP contribution in [0.1, 0.15) is 113 Å². The van der Waals surface area contributed by atoms with E-state index in [9.17, 15) is 24.3 Å². The molecule has 8 heteroatoms. The fourth-order valence-electron chi connectivity index (χ4n) is 8.74. The Labute approximate surface area is 239 Å². The molecule has 5 rings (SSSR count). The van der Waals surface area contributed by atoms with Crippen LogP contribution in [0.4, 0.5) is 0 Å². The first kappa shape index (κ1) is 30.8. The third kappa shape index (κ3) is 5.29. The molecule has 5 aliphatic rings. The molecular weight excluding hydrogens is 512 g/mol. The number of cyclic esters (lactones) is 1. The molecule has 0 spiro atoms. The predicted molar refractivity (Wildman–Crippen MR) is 148 cm³/mol. The highest BCUT2D eigenvalue weighted by atomic mass is 16.6. The van der Waals surface area contributed by atoms with Crippen molar-refractivity contribution in [3.63, 3.8) is 0 Å². The van der Waals surface area contributed by atoms with Gasteiger partial charge >= 0.3 is 23.9 Å². The van der Waals surface area contributed by atoms with Crippen molar-refractivity contribution in [2.24, 2.45) is 45.3 Å². The largest absolute Gasteiger partial charge is 0.481 e. The predicted octanol–water partition coefficient (Wildman–Crippen LogP) is 5.94. The van der Waals surface area contributed by atoms with Crippen LogP contribution in [0.15, 0.2) is 0 Å². The lowest BCUT2D eigenvalue weighted by Crippen LogP contribution is -2.60. The van der Waals surface area contributed by atoms with Gasteiger partial charge in [0.15, 0.2) is 0 Å². The van der Waals surface area contributed by atoms with E-state index >= 15 is 0 Å². The van der Waals surface area contributed by atoms with Crippen LogP contribution < -0.4 is 0 Å². The van der Waals surface area contributed by atoms with Crippen LogP contribution >= 0.6 is 0 Å². The van der Waals surface area contributed by atoms with E-state index < -0.39 is 51.3 Å². The molecule has 1 saturated heterocycles. The molecule has 0 radical (unpaired) electrons. The summed E-state index contributed by atoms with van der Waals surface area (Å²) in [5.74, 6) is -0.451. The number of carbonyl (C=O) groups is 4. The summed E-state index contributed by atoms with van der Waals surface area (Å²) >= 11 is 0. The van der Waals surface area contributed by atoms with Crippen molar-refractivity contribution in [2.75, 3.05) is 6.61 Å². The van der Waals surface area contributed by atoms with Crippen LogP contribution in [-0.2, 0) is 33.4 Å². The van der Waals surface area contributed by atoms with Crippen LogP contribution in [0.5, 0.6) is 0 Å². The molecule has 0 amide bonds. The highest BCUT2D eigenvalue weighted by Gasteiger charge is 2.60. The van der Waals surface area contributed by atoms with Crippen molar-refractivity contribution in [1.29, 1.82) is 0 Å². The van der Waals surface area contributed by atoms with Gasteiger partial charge in [-0.25, -0.2) is 4.79 Å². The molecule has 1 heterocycles. The van der Waals surface area contributed by atoms with Crippen LogP contribution in [0.3, 0.4) is 0 Å². The lowest BCUT2D eigenvalue weighted by atomic mass is 9.49. The summed E-state index contributed by atoms with van der Waals surface area (Å²) in [4.78, 5) is 52.7. The fraction of sp³-hybridized carbons (Fsp3) is 0.875. The van der Waals surface area contributed by atoms with Gasteiger partial charge in [0.2, 0.25) is 6.10 Å². The standard InChI is InChI=1S/C32H50O8/c1-9-30(7,27(37)40-32(10-2)21-12-19-11-20(14-21)15-22(32)13-19)17-31(8,16-28(3,4)25(34)35)26(36)39-23-24(33)38-18-29(23,5)6/h19-23H,9-18H2,1-8H3,(H,34,35). The van der Waals surface area contributed by atoms with Gasteiger partial charge in [0.25, 0.3) is 0 Å². The molecule has 4 aliphatic carbocycles. The van der Waals surface area contributed by atoms with E-state index in [1.54, 1.807) is 34.6 Å². The monoisotopic (exact) mass is 562 g/mol. The highest BCUT2D eigenvalue weighted by Crippen LogP contribution is 2.61. The maximum Gasteiger partial charge on any atom is 0.348 e. The van der Waals surface area contributed by atoms with Gasteiger partial charge in [0.05, 0.1) is 16.2 Å². The third-order valence-corrected chi connectivity index (χ3v) is 11.0. The van der Waals surface area contributed by atoms with Gasteiger partial charge < -0.3 is 19.3 Å². The Balaban J connectivity index is 1.62. The molecule has 0 aromatic rings. The molecule has 1 N–H and O–H groups in total. The summed E-state index contributed by atoms with van der Waals surface area (Å²) in [5.41, 5.74) is -4.88. The van der Waals surface area contributed by atoms with Crippen LogP contribution in [0, 0.1) is 45.3 Å². The van der Waals surface area contributed by atoms with E-state index in [0.717, 1.165) is 43.9 Å². The highest BCUT2D eigenvalue weighted by molar-refractivity contribution is 5.86. The Bertz CT molecular complexity index is 1020. The molecule has 226 valence electrons. The first-order valence-corrected chi connectivity index (χ1v) is 15.3. The molecule has 40 heavy (non-hydrogen) atoms. The van der Waals surface area contributed by atoms with Gasteiger partial charge in [-0.1, -0.05) is 27.7 Å². The second-order valence-electron chi connectivity index (χ2n) is 15.4. The number of ether oxygens (including phenoxy) is 3. The lowest BCUT2D eigenvalue weighted by molar-refractivity contribution is -0.221. The van der Waals surface area contributed by atoms with Crippen LogP contribution in [-0.4, -0.2) is 47.3 Å². The van der Waals surface area contributed by atoms with E-state index in [2.05, 4.69) is 6.92 Å². The topological polar surface area (TPSA) is 116 Å². The Morgan fingerprint density at radius 1 is 0.900 bits per heavy atom. The third-order valence-electron chi connectivity index (χ3n) is 11.0. The lowest BCUT2D eigenvalue weighted by Gasteiger charge is -2.60. The Morgan fingerprint density at radius 2 is 1.45 bits per heavy atom. The van der Waals surface area contributed by atoms with Gasteiger partial charge in [-0.05, 0) is 109 Å². The van der Waals surface area contributed by atoms with Crippen molar-refractivity contribution >= 4 is 23.9 Å². The average Bonchev–Trinajstić information content (AvgIpc) is 3.11. The minimum Gasteiger partial charge on any atom is -0.481 e. The van der Waals surface area contributed by atoms with E-state index in [0.29, 0.717) is 18.3 Å². The van der Waals surface area contributed by atoms with E-state index in [1.165, 1.54) is 6.42 Å². The normalized spacial score (nSPS) is 35.4. The Kier molecular flexibility index (Phi) is 7.94. The first-order valence-electron chi connectivity index (χ1n) is 15.3. The van der Waals surface area contributed by atoms with Crippen molar-refractivity contribution < 1.29 is 38.5 Å². The smallest absolute Gasteiger partial charge is 0.348 e. The molecule has 4 bridgehead atoms. The second kappa shape index (κ2) is 10.3. The van der Waals surface area contributed by atoms with Gasteiger partial charge in [-0.3, -0.25) is 14.4 Å². The fourth-order valence-corrected chi connectivity index (χ4v) is 8.74. The van der Waals surface area contributed by atoms with Gasteiger partial charge in [-0.2, -0.15) is 0 Å². The number of hydrogen-bond acceptors (Lipinski definition) is 7. The zero-order valence-corrected chi connectivity index (χ0v) is 25.8. The molecule has 1 aliphatic heterocycles. The maximum atomic E-state index is 14.2. The van der Waals surface area contributed by atoms with Crippen molar-refractivity contribution in [1.82, 2.24) is 0 Å². The Morgan fingerprint density at radius 3 is 1.88 bits per heavy atom. The summed E-state index contributed by atoms with van der Waals surface area (Å²) in [5, 5.41) is 9.94. The molecule has 8 nitrogen and oxygen atoms in total. The number of carbonyl (C=O) groups excluding carboxylic acids is 3. The number of carboxylic acids is 1. The average molecular weight is 563 g/mol. The van der Waals surface area contributed by atoms with Crippen molar-refractivity contribution in [3.05, 3.63) is 0 Å². The van der Waals surface area contributed by atoms with Crippen LogP contribution in [0.25, 0.3) is 0 Å². The summed E-state index contributed by atoms with van der Waals surface area (Å²) in [6.07, 6.45) is 5.84. The number of esters is 3. The molecule has 3 unspecified atom stereocenters. The van der Waals surface area contributed by atoms with Crippen molar-refractivity contribution in [3.8, 4) is 0 Å². The summed E-state index contributed by atoms with van der Waals surface area (Å²) < 4.78 is 17.6. The second-order valence-corrected chi connectivity index (χ2v) is 15.4. The summed E-state index contributed by atoms with van der Waals surface area (Å²) in [7, 11) is 0.